The molecule has 0 saturated heterocycles. The predicted octanol–water partition coefficient (Wildman–Crippen LogP) is 3.18. The van der Waals surface area contributed by atoms with Crippen LogP contribution in [0.25, 0.3) is 0 Å². The Labute approximate surface area is 138 Å². The summed E-state index contributed by atoms with van der Waals surface area (Å²) < 4.78 is 0. The fraction of sp³-hybridized carbons (Fsp3) is 0.650. The van der Waals surface area contributed by atoms with Crippen molar-refractivity contribution in [3.63, 3.8) is 0 Å². The van der Waals surface area contributed by atoms with Crippen molar-refractivity contribution in [2.24, 2.45) is 22.7 Å². The van der Waals surface area contributed by atoms with Crippen molar-refractivity contribution in [2.45, 2.75) is 53.1 Å². The third-order valence-electron chi connectivity index (χ3n) is 6.41. The predicted molar refractivity (Wildman–Crippen MR) is 90.7 cm³/mol. The summed E-state index contributed by atoms with van der Waals surface area (Å²) in [7, 11) is 0. The van der Waals surface area contributed by atoms with Gasteiger partial charge >= 0.3 is 0 Å². The second kappa shape index (κ2) is 5.42. The summed E-state index contributed by atoms with van der Waals surface area (Å²) in [6.07, 6.45) is 7.61. The Morgan fingerprint density at radius 1 is 1.30 bits per heavy atom. The normalized spacial score (nSPS) is 40.1. The average Bonchev–Trinajstić information content (AvgIpc) is 2.81. The molecule has 3 aliphatic carbocycles. The first-order valence-corrected chi connectivity index (χ1v) is 8.70. The molecule has 0 aliphatic heterocycles. The molecule has 0 radical (unpaired) electrons. The second-order valence-electron chi connectivity index (χ2n) is 8.24. The van der Waals surface area contributed by atoms with Crippen molar-refractivity contribution < 1.29 is 15.0 Å². The Balaban J connectivity index is 2.14. The highest BCUT2D eigenvalue weighted by Crippen LogP contribution is 2.60. The summed E-state index contributed by atoms with van der Waals surface area (Å²) in [6.45, 7) is 8.44. The number of hydrogen-bond acceptors (Lipinski definition) is 3. The van der Waals surface area contributed by atoms with Gasteiger partial charge in [0.2, 0.25) is 0 Å². The van der Waals surface area contributed by atoms with E-state index in [0.717, 1.165) is 12.8 Å². The van der Waals surface area contributed by atoms with Gasteiger partial charge in [-0.25, -0.2) is 0 Å². The number of ketones is 1. The van der Waals surface area contributed by atoms with Gasteiger partial charge in [-0.05, 0) is 48.3 Å². The lowest BCUT2D eigenvalue weighted by molar-refractivity contribution is -0.127. The van der Waals surface area contributed by atoms with Crippen LogP contribution >= 0.6 is 0 Å². The summed E-state index contributed by atoms with van der Waals surface area (Å²) in [5, 5.41) is 20.0. The summed E-state index contributed by atoms with van der Waals surface area (Å²) in [5.74, 6) is 0.510. The van der Waals surface area contributed by atoms with Crippen molar-refractivity contribution in [2.75, 3.05) is 6.61 Å². The SMILES string of the molecule is CC(C)C1=C2C3CC(O)C(CO)=CC(=O)C3(C)CCC2(C)C=C1. The molecule has 0 aromatic heterocycles. The summed E-state index contributed by atoms with van der Waals surface area (Å²) in [4.78, 5) is 12.9. The van der Waals surface area contributed by atoms with Crippen LogP contribution in [0, 0.1) is 22.7 Å². The molecular weight excluding hydrogens is 288 g/mol. The maximum Gasteiger partial charge on any atom is 0.162 e. The van der Waals surface area contributed by atoms with Crippen molar-refractivity contribution >= 4 is 5.78 Å². The van der Waals surface area contributed by atoms with Gasteiger partial charge in [0.15, 0.2) is 5.78 Å². The number of aliphatic hydroxyl groups excluding tert-OH is 2. The van der Waals surface area contributed by atoms with Crippen LogP contribution in [-0.4, -0.2) is 28.7 Å². The molecule has 3 aliphatic rings. The Hall–Kier alpha value is -1.19. The van der Waals surface area contributed by atoms with Crippen LogP contribution in [0.1, 0.15) is 47.0 Å². The molecule has 0 heterocycles. The van der Waals surface area contributed by atoms with E-state index in [1.54, 1.807) is 0 Å². The number of aliphatic hydroxyl groups is 2. The molecule has 4 unspecified atom stereocenters. The Kier molecular flexibility index (Phi) is 3.93. The number of carbonyl (C=O) groups is 1. The van der Waals surface area contributed by atoms with Crippen LogP contribution in [0.4, 0.5) is 0 Å². The van der Waals surface area contributed by atoms with E-state index in [1.807, 2.05) is 6.92 Å². The zero-order chi connectivity index (χ0) is 17.0. The molecular formula is C20H28O3. The highest BCUT2D eigenvalue weighted by molar-refractivity contribution is 5.96. The fourth-order valence-electron chi connectivity index (χ4n) is 4.74. The Morgan fingerprint density at radius 3 is 2.61 bits per heavy atom. The van der Waals surface area contributed by atoms with E-state index in [4.69, 9.17) is 0 Å². The zero-order valence-electron chi connectivity index (χ0n) is 14.6. The lowest BCUT2D eigenvalue weighted by Crippen LogP contribution is -2.44. The summed E-state index contributed by atoms with van der Waals surface area (Å²) in [5.41, 5.74) is 2.67. The van der Waals surface area contributed by atoms with Crippen LogP contribution in [0.3, 0.4) is 0 Å². The minimum Gasteiger partial charge on any atom is -0.392 e. The molecule has 126 valence electrons. The van der Waals surface area contributed by atoms with E-state index in [0.29, 0.717) is 17.9 Å². The molecule has 0 aromatic rings. The number of fused-ring (bicyclic) bond motifs is 3. The van der Waals surface area contributed by atoms with Crippen molar-refractivity contribution in [3.05, 3.63) is 34.9 Å². The Bertz CT molecular complexity index is 625. The first kappa shape index (κ1) is 16.7. The summed E-state index contributed by atoms with van der Waals surface area (Å²) >= 11 is 0. The van der Waals surface area contributed by atoms with Crippen molar-refractivity contribution in [1.29, 1.82) is 0 Å². The topological polar surface area (TPSA) is 57.5 Å². The van der Waals surface area contributed by atoms with E-state index >= 15 is 0 Å². The molecule has 1 fully saturated rings. The molecule has 3 heteroatoms. The maximum absolute atomic E-state index is 12.9. The van der Waals surface area contributed by atoms with Gasteiger partial charge in [0.05, 0.1) is 12.7 Å². The number of rotatable bonds is 2. The van der Waals surface area contributed by atoms with Crippen LogP contribution in [-0.2, 0) is 4.79 Å². The van der Waals surface area contributed by atoms with Gasteiger partial charge in [0.1, 0.15) is 0 Å². The van der Waals surface area contributed by atoms with E-state index < -0.39 is 11.5 Å². The first-order valence-electron chi connectivity index (χ1n) is 8.70. The third kappa shape index (κ3) is 2.36. The van der Waals surface area contributed by atoms with Gasteiger partial charge in [-0.3, -0.25) is 4.79 Å². The molecule has 1 saturated carbocycles. The Morgan fingerprint density at radius 2 is 2.00 bits per heavy atom. The number of hydrogen-bond donors (Lipinski definition) is 2. The van der Waals surface area contributed by atoms with Gasteiger partial charge in [0.25, 0.3) is 0 Å². The van der Waals surface area contributed by atoms with Gasteiger partial charge in [-0.2, -0.15) is 0 Å². The van der Waals surface area contributed by atoms with Gasteiger partial charge in [0, 0.05) is 10.8 Å². The zero-order valence-corrected chi connectivity index (χ0v) is 14.6. The molecule has 0 spiro atoms. The average molecular weight is 316 g/mol. The first-order chi connectivity index (χ1) is 10.7. The molecule has 23 heavy (non-hydrogen) atoms. The minimum absolute atomic E-state index is 0.00744. The fourth-order valence-corrected chi connectivity index (χ4v) is 4.74. The third-order valence-corrected chi connectivity index (χ3v) is 6.41. The van der Waals surface area contributed by atoms with E-state index in [-0.39, 0.29) is 23.7 Å². The second-order valence-corrected chi connectivity index (χ2v) is 8.24. The van der Waals surface area contributed by atoms with E-state index in [9.17, 15) is 15.0 Å². The molecule has 0 aromatic carbocycles. The van der Waals surface area contributed by atoms with Gasteiger partial charge in [-0.15, -0.1) is 0 Å². The quantitative estimate of drug-likeness (QED) is 0.822. The maximum atomic E-state index is 12.9. The van der Waals surface area contributed by atoms with Gasteiger partial charge < -0.3 is 10.2 Å². The standard InChI is InChI=1S/C20H28O3/c1-12(2)14-5-6-19(3)7-8-20(4)15(18(14)19)10-16(22)13(11-21)9-17(20)23/h5-6,9,12,15-16,21-22H,7-8,10-11H2,1-4H3. The highest BCUT2D eigenvalue weighted by atomic mass is 16.3. The van der Waals surface area contributed by atoms with Crippen LogP contribution in [0.15, 0.2) is 34.9 Å². The van der Waals surface area contributed by atoms with Gasteiger partial charge in [-0.1, -0.05) is 45.4 Å². The van der Waals surface area contributed by atoms with Crippen LogP contribution < -0.4 is 0 Å². The lowest BCUT2D eigenvalue weighted by Gasteiger charge is -2.48. The van der Waals surface area contributed by atoms with Crippen LogP contribution in [0.5, 0.6) is 0 Å². The monoisotopic (exact) mass is 316 g/mol. The van der Waals surface area contributed by atoms with Crippen LogP contribution in [0.2, 0.25) is 0 Å². The molecule has 2 N–H and O–H groups in total. The molecule has 4 atom stereocenters. The molecule has 0 amide bonds. The smallest absolute Gasteiger partial charge is 0.162 e. The minimum atomic E-state index is -0.736. The van der Waals surface area contributed by atoms with E-state index in [1.165, 1.54) is 17.2 Å². The largest absolute Gasteiger partial charge is 0.392 e. The number of allylic oxidation sites excluding steroid dienone is 5. The molecule has 0 bridgehead atoms. The molecule has 3 rings (SSSR count). The molecule has 3 nitrogen and oxygen atoms in total. The highest BCUT2D eigenvalue weighted by Gasteiger charge is 2.54. The summed E-state index contributed by atoms with van der Waals surface area (Å²) in [6, 6.07) is 0. The van der Waals surface area contributed by atoms with Crippen molar-refractivity contribution in [1.82, 2.24) is 0 Å². The lowest BCUT2D eigenvalue weighted by atomic mass is 9.54. The van der Waals surface area contributed by atoms with E-state index in [2.05, 4.69) is 32.9 Å². The van der Waals surface area contributed by atoms with Crippen molar-refractivity contribution in [3.8, 4) is 0 Å². The number of carbonyl (C=O) groups excluding carboxylic acids is 1.